The Hall–Kier alpha value is -2.63. The number of amides is 2. The lowest BCUT2D eigenvalue weighted by molar-refractivity contribution is 0.249. The first-order valence-corrected chi connectivity index (χ1v) is 7.30. The molecular weight excluding hydrogens is 296 g/mol. The summed E-state index contributed by atoms with van der Waals surface area (Å²) in [7, 11) is 3.12. The first kappa shape index (κ1) is 16.7. The lowest BCUT2D eigenvalue weighted by Crippen LogP contribution is -2.31. The maximum Gasteiger partial charge on any atom is 0.319 e. The molecule has 1 unspecified atom stereocenters. The van der Waals surface area contributed by atoms with Gasteiger partial charge in [0.2, 0.25) is 0 Å². The summed E-state index contributed by atoms with van der Waals surface area (Å²) in [5, 5.41) is 5.66. The normalized spacial score (nSPS) is 11.7. The lowest BCUT2D eigenvalue weighted by atomic mass is 10.1. The predicted octanol–water partition coefficient (Wildman–Crippen LogP) is 3.80. The van der Waals surface area contributed by atoms with Gasteiger partial charge in [-0.3, -0.25) is 0 Å². The van der Waals surface area contributed by atoms with E-state index in [2.05, 4.69) is 10.6 Å². The fraction of sp³-hybridized carbons (Fsp3) is 0.353. The van der Waals surface area contributed by atoms with Gasteiger partial charge in [-0.2, -0.15) is 0 Å². The Labute approximate surface area is 135 Å². The van der Waals surface area contributed by atoms with Gasteiger partial charge in [-0.15, -0.1) is 0 Å². The van der Waals surface area contributed by atoms with Crippen LogP contribution in [0.25, 0.3) is 0 Å². The van der Waals surface area contributed by atoms with Crippen LogP contribution < -0.4 is 20.1 Å². The average Bonchev–Trinajstić information content (AvgIpc) is 2.85. The molecule has 0 fully saturated rings. The number of rotatable bonds is 5. The van der Waals surface area contributed by atoms with Crippen LogP contribution in [0.15, 0.2) is 28.7 Å². The summed E-state index contributed by atoms with van der Waals surface area (Å²) in [4.78, 5) is 12.2. The van der Waals surface area contributed by atoms with Crippen LogP contribution in [0.5, 0.6) is 11.5 Å². The molecule has 0 aliphatic rings. The first-order valence-electron chi connectivity index (χ1n) is 7.30. The quantitative estimate of drug-likeness (QED) is 0.879. The fourth-order valence-electron chi connectivity index (χ4n) is 2.40. The van der Waals surface area contributed by atoms with Gasteiger partial charge < -0.3 is 24.5 Å². The second-order valence-electron chi connectivity index (χ2n) is 5.29. The molecular formula is C17H22N2O4. The van der Waals surface area contributed by atoms with Gasteiger partial charge in [0.25, 0.3) is 0 Å². The smallest absolute Gasteiger partial charge is 0.319 e. The minimum absolute atomic E-state index is 0.167. The highest BCUT2D eigenvalue weighted by atomic mass is 16.5. The zero-order valence-electron chi connectivity index (χ0n) is 14.0. The molecule has 2 rings (SSSR count). The number of hydrogen-bond donors (Lipinski definition) is 2. The molecule has 0 saturated heterocycles. The third kappa shape index (κ3) is 4.18. The van der Waals surface area contributed by atoms with E-state index in [4.69, 9.17) is 13.9 Å². The van der Waals surface area contributed by atoms with Crippen molar-refractivity contribution in [3.63, 3.8) is 0 Å². The Bertz CT molecular complexity index is 672. The molecule has 1 aromatic heterocycles. The standard InChI is InChI=1S/C17H22N2O4/c1-10-6-16(12(3)23-10)11(2)18-17(20)19-13-7-14(21-4)9-15(8-13)22-5/h6-9,11H,1-5H3,(H2,18,19,20). The number of aryl methyl sites for hydroxylation is 2. The summed E-state index contributed by atoms with van der Waals surface area (Å²) >= 11 is 0. The summed E-state index contributed by atoms with van der Waals surface area (Å²) in [6.45, 7) is 5.67. The van der Waals surface area contributed by atoms with Crippen molar-refractivity contribution in [2.75, 3.05) is 19.5 Å². The Morgan fingerprint density at radius 1 is 1.09 bits per heavy atom. The molecule has 0 aliphatic carbocycles. The summed E-state index contributed by atoms with van der Waals surface area (Å²) in [5.41, 5.74) is 1.55. The van der Waals surface area contributed by atoms with E-state index in [1.165, 1.54) is 0 Å². The summed E-state index contributed by atoms with van der Waals surface area (Å²) in [6.07, 6.45) is 0. The Morgan fingerprint density at radius 2 is 1.70 bits per heavy atom. The molecule has 2 amide bonds. The van der Waals surface area contributed by atoms with Crippen molar-refractivity contribution in [2.24, 2.45) is 0 Å². The van der Waals surface area contributed by atoms with Crippen LogP contribution in [0, 0.1) is 13.8 Å². The Balaban J connectivity index is 2.06. The number of anilines is 1. The monoisotopic (exact) mass is 318 g/mol. The van der Waals surface area contributed by atoms with Crippen molar-refractivity contribution in [3.8, 4) is 11.5 Å². The van der Waals surface area contributed by atoms with Crippen LogP contribution in [0.2, 0.25) is 0 Å². The van der Waals surface area contributed by atoms with Crippen LogP contribution in [0.3, 0.4) is 0 Å². The van der Waals surface area contributed by atoms with Crippen LogP contribution in [-0.4, -0.2) is 20.3 Å². The molecule has 6 heteroatoms. The molecule has 0 aliphatic heterocycles. The summed E-state index contributed by atoms with van der Waals surface area (Å²) in [6, 6.07) is 6.63. The molecule has 1 atom stereocenters. The van der Waals surface area contributed by atoms with Crippen LogP contribution in [0.1, 0.15) is 30.0 Å². The maximum atomic E-state index is 12.2. The van der Waals surface area contributed by atoms with Crippen LogP contribution >= 0.6 is 0 Å². The van der Waals surface area contributed by atoms with Gasteiger partial charge in [-0.05, 0) is 26.8 Å². The van der Waals surface area contributed by atoms with Crippen molar-refractivity contribution in [1.29, 1.82) is 0 Å². The number of furan rings is 1. The molecule has 0 spiro atoms. The molecule has 23 heavy (non-hydrogen) atoms. The van der Waals surface area contributed by atoms with Gasteiger partial charge in [0, 0.05) is 29.4 Å². The van der Waals surface area contributed by atoms with Gasteiger partial charge in [0.15, 0.2) is 0 Å². The summed E-state index contributed by atoms with van der Waals surface area (Å²) < 4.78 is 15.9. The first-order chi connectivity index (χ1) is 10.9. The summed E-state index contributed by atoms with van der Waals surface area (Å²) in [5.74, 6) is 2.84. The number of hydrogen-bond acceptors (Lipinski definition) is 4. The van der Waals surface area contributed by atoms with E-state index in [1.54, 1.807) is 32.4 Å². The highest BCUT2D eigenvalue weighted by molar-refractivity contribution is 5.90. The SMILES string of the molecule is COc1cc(NC(=O)NC(C)c2cc(C)oc2C)cc(OC)c1. The van der Waals surface area contributed by atoms with E-state index in [0.29, 0.717) is 17.2 Å². The fourth-order valence-corrected chi connectivity index (χ4v) is 2.40. The topological polar surface area (TPSA) is 72.7 Å². The van der Waals surface area contributed by atoms with Gasteiger partial charge in [0.1, 0.15) is 23.0 Å². The number of ether oxygens (including phenoxy) is 2. The van der Waals surface area contributed by atoms with Gasteiger partial charge in [0.05, 0.1) is 20.3 Å². The van der Waals surface area contributed by atoms with E-state index in [-0.39, 0.29) is 12.1 Å². The van der Waals surface area contributed by atoms with Gasteiger partial charge in [-0.25, -0.2) is 4.79 Å². The maximum absolute atomic E-state index is 12.2. The minimum Gasteiger partial charge on any atom is -0.497 e. The van der Waals surface area contributed by atoms with Crippen molar-refractivity contribution < 1.29 is 18.7 Å². The highest BCUT2D eigenvalue weighted by Crippen LogP contribution is 2.26. The van der Waals surface area contributed by atoms with Gasteiger partial charge >= 0.3 is 6.03 Å². The molecule has 0 saturated carbocycles. The number of carbonyl (C=O) groups is 1. The van der Waals surface area contributed by atoms with Crippen molar-refractivity contribution in [2.45, 2.75) is 26.8 Å². The number of nitrogens with one attached hydrogen (secondary N) is 2. The molecule has 0 bridgehead atoms. The number of methoxy groups -OCH3 is 2. The van der Waals surface area contributed by atoms with Gasteiger partial charge in [-0.1, -0.05) is 0 Å². The predicted molar refractivity (Wildman–Crippen MR) is 88.3 cm³/mol. The zero-order valence-corrected chi connectivity index (χ0v) is 14.0. The van der Waals surface area contributed by atoms with Crippen LogP contribution in [0.4, 0.5) is 10.5 Å². The minimum atomic E-state index is -0.314. The zero-order chi connectivity index (χ0) is 17.0. The van der Waals surface area contributed by atoms with E-state index >= 15 is 0 Å². The molecule has 0 radical (unpaired) electrons. The number of urea groups is 1. The molecule has 6 nitrogen and oxygen atoms in total. The number of carbonyl (C=O) groups excluding carboxylic acids is 1. The lowest BCUT2D eigenvalue weighted by Gasteiger charge is -2.15. The largest absolute Gasteiger partial charge is 0.497 e. The molecule has 1 heterocycles. The molecule has 2 aromatic rings. The third-order valence-corrected chi connectivity index (χ3v) is 3.50. The Kier molecular flexibility index (Phi) is 5.16. The van der Waals surface area contributed by atoms with Crippen molar-refractivity contribution >= 4 is 11.7 Å². The van der Waals surface area contributed by atoms with E-state index in [1.807, 2.05) is 26.8 Å². The Morgan fingerprint density at radius 3 is 2.17 bits per heavy atom. The highest BCUT2D eigenvalue weighted by Gasteiger charge is 2.15. The van der Waals surface area contributed by atoms with Crippen molar-refractivity contribution in [1.82, 2.24) is 5.32 Å². The van der Waals surface area contributed by atoms with E-state index < -0.39 is 0 Å². The molecule has 2 N–H and O–H groups in total. The molecule has 124 valence electrons. The number of benzene rings is 1. The van der Waals surface area contributed by atoms with Crippen molar-refractivity contribution in [3.05, 3.63) is 41.3 Å². The third-order valence-electron chi connectivity index (χ3n) is 3.50. The second-order valence-corrected chi connectivity index (χ2v) is 5.29. The van der Waals surface area contributed by atoms with E-state index in [9.17, 15) is 4.79 Å². The second kappa shape index (κ2) is 7.09. The average molecular weight is 318 g/mol. The molecule has 1 aromatic carbocycles. The van der Waals surface area contributed by atoms with Crippen LogP contribution in [-0.2, 0) is 0 Å². The van der Waals surface area contributed by atoms with E-state index in [0.717, 1.165) is 17.1 Å².